The molecular weight excluding hydrogens is 224 g/mol. The highest BCUT2D eigenvalue weighted by Gasteiger charge is 2.10. The Labute approximate surface area is 109 Å². The van der Waals surface area contributed by atoms with Crippen molar-refractivity contribution < 1.29 is 0 Å². The summed E-state index contributed by atoms with van der Waals surface area (Å²) >= 11 is 0. The van der Waals surface area contributed by atoms with Crippen LogP contribution in [0.4, 0.5) is 0 Å². The van der Waals surface area contributed by atoms with Gasteiger partial charge in [0.25, 0.3) is 0 Å². The van der Waals surface area contributed by atoms with Crippen LogP contribution in [0.3, 0.4) is 0 Å². The number of hydrogen-bond acceptors (Lipinski definition) is 2. The highest BCUT2D eigenvalue weighted by Crippen LogP contribution is 2.18. The summed E-state index contributed by atoms with van der Waals surface area (Å²) in [6.07, 6.45) is 10.5. The largest absolute Gasteiger partial charge is 0.346 e. The third kappa shape index (κ3) is 2.82. The lowest BCUT2D eigenvalue weighted by atomic mass is 10.1. The number of hydrogen-bond donors (Lipinski definition) is 1. The van der Waals surface area contributed by atoms with Crippen molar-refractivity contribution in [1.29, 1.82) is 0 Å². The standard InChI is InChI=1S/C14H22N4/c1-4-5-13(15-2)12-6-8-18(10-12)11-14-16-7-9-17(14)3/h6-10,13,15H,4-5,11H2,1-3H3. The summed E-state index contributed by atoms with van der Waals surface area (Å²) in [4.78, 5) is 4.35. The Morgan fingerprint density at radius 2 is 2.22 bits per heavy atom. The number of rotatable bonds is 6. The van der Waals surface area contributed by atoms with E-state index in [0.717, 1.165) is 12.4 Å². The molecule has 2 rings (SSSR count). The quantitative estimate of drug-likeness (QED) is 0.849. The molecule has 98 valence electrons. The van der Waals surface area contributed by atoms with Crippen LogP contribution >= 0.6 is 0 Å². The van der Waals surface area contributed by atoms with Crippen LogP contribution in [0, 0.1) is 0 Å². The van der Waals surface area contributed by atoms with Crippen LogP contribution in [0.2, 0.25) is 0 Å². The number of nitrogens with zero attached hydrogens (tertiary/aromatic N) is 3. The van der Waals surface area contributed by atoms with E-state index in [0.29, 0.717) is 6.04 Å². The summed E-state index contributed by atoms with van der Waals surface area (Å²) in [7, 11) is 4.05. The molecular formula is C14H22N4. The van der Waals surface area contributed by atoms with E-state index in [1.807, 2.05) is 26.5 Å². The van der Waals surface area contributed by atoms with Crippen LogP contribution in [0.15, 0.2) is 30.9 Å². The van der Waals surface area contributed by atoms with E-state index in [1.165, 1.54) is 18.4 Å². The van der Waals surface area contributed by atoms with Gasteiger partial charge in [0.05, 0.1) is 6.54 Å². The minimum atomic E-state index is 0.456. The van der Waals surface area contributed by atoms with Crippen molar-refractivity contribution in [3.63, 3.8) is 0 Å². The van der Waals surface area contributed by atoms with Gasteiger partial charge in [-0.15, -0.1) is 0 Å². The molecule has 0 aliphatic heterocycles. The molecule has 0 amide bonds. The van der Waals surface area contributed by atoms with Crippen LogP contribution in [0.25, 0.3) is 0 Å². The molecule has 1 unspecified atom stereocenters. The molecule has 18 heavy (non-hydrogen) atoms. The van der Waals surface area contributed by atoms with Crippen molar-refractivity contribution in [2.24, 2.45) is 7.05 Å². The van der Waals surface area contributed by atoms with Crippen LogP contribution in [0.5, 0.6) is 0 Å². The first-order valence-corrected chi connectivity index (χ1v) is 6.53. The van der Waals surface area contributed by atoms with Crippen molar-refractivity contribution in [1.82, 2.24) is 19.4 Å². The first-order chi connectivity index (χ1) is 8.74. The Morgan fingerprint density at radius 3 is 2.83 bits per heavy atom. The molecule has 0 saturated carbocycles. The van der Waals surface area contributed by atoms with Gasteiger partial charge in [-0.1, -0.05) is 13.3 Å². The third-order valence-electron chi connectivity index (χ3n) is 3.35. The predicted molar refractivity (Wildman–Crippen MR) is 73.5 cm³/mol. The van der Waals surface area contributed by atoms with Crippen LogP contribution in [-0.4, -0.2) is 21.2 Å². The van der Waals surface area contributed by atoms with Gasteiger partial charge in [0, 0.05) is 37.9 Å². The van der Waals surface area contributed by atoms with E-state index >= 15 is 0 Å². The molecule has 0 radical (unpaired) electrons. The minimum Gasteiger partial charge on any atom is -0.346 e. The Balaban J connectivity index is 2.08. The van der Waals surface area contributed by atoms with Crippen LogP contribution in [0.1, 0.15) is 37.2 Å². The number of aryl methyl sites for hydroxylation is 1. The van der Waals surface area contributed by atoms with Crippen LogP contribution in [-0.2, 0) is 13.6 Å². The Kier molecular flexibility index (Phi) is 4.20. The van der Waals surface area contributed by atoms with E-state index in [4.69, 9.17) is 0 Å². The second-order valence-corrected chi connectivity index (χ2v) is 4.70. The molecule has 0 aliphatic rings. The molecule has 2 aromatic rings. The number of aromatic nitrogens is 3. The van der Waals surface area contributed by atoms with Crippen molar-refractivity contribution >= 4 is 0 Å². The van der Waals surface area contributed by atoms with Gasteiger partial charge in [-0.2, -0.15) is 0 Å². The molecule has 0 bridgehead atoms. The third-order valence-corrected chi connectivity index (χ3v) is 3.35. The topological polar surface area (TPSA) is 34.8 Å². The average Bonchev–Trinajstić information content (AvgIpc) is 2.97. The Hall–Kier alpha value is -1.55. The molecule has 2 aromatic heterocycles. The van der Waals surface area contributed by atoms with E-state index in [-0.39, 0.29) is 0 Å². The second kappa shape index (κ2) is 5.87. The molecule has 0 saturated heterocycles. The van der Waals surface area contributed by atoms with Gasteiger partial charge < -0.3 is 14.5 Å². The van der Waals surface area contributed by atoms with Crippen molar-refractivity contribution in [3.05, 3.63) is 42.2 Å². The summed E-state index contributed by atoms with van der Waals surface area (Å²) in [5.41, 5.74) is 1.36. The Morgan fingerprint density at radius 1 is 1.39 bits per heavy atom. The van der Waals surface area contributed by atoms with Gasteiger partial charge >= 0.3 is 0 Å². The van der Waals surface area contributed by atoms with E-state index in [1.54, 1.807) is 0 Å². The lowest BCUT2D eigenvalue weighted by Crippen LogP contribution is -2.15. The molecule has 1 N–H and O–H groups in total. The molecule has 2 heterocycles. The summed E-state index contributed by atoms with van der Waals surface area (Å²) in [6, 6.07) is 2.65. The van der Waals surface area contributed by atoms with Gasteiger partial charge in [-0.05, 0) is 25.1 Å². The molecule has 0 aliphatic carbocycles. The summed E-state index contributed by atoms with van der Waals surface area (Å²) in [5.74, 6) is 1.08. The fourth-order valence-electron chi connectivity index (χ4n) is 2.24. The van der Waals surface area contributed by atoms with Crippen LogP contribution < -0.4 is 5.32 Å². The summed E-state index contributed by atoms with van der Waals surface area (Å²) in [6.45, 7) is 3.04. The lowest BCUT2D eigenvalue weighted by Gasteiger charge is -2.13. The van der Waals surface area contributed by atoms with Gasteiger partial charge in [0.1, 0.15) is 5.82 Å². The van der Waals surface area contributed by atoms with Gasteiger partial charge in [0.15, 0.2) is 0 Å². The maximum absolute atomic E-state index is 4.35. The summed E-state index contributed by atoms with van der Waals surface area (Å²) < 4.78 is 4.25. The average molecular weight is 246 g/mol. The highest BCUT2D eigenvalue weighted by molar-refractivity contribution is 5.16. The maximum atomic E-state index is 4.35. The smallest absolute Gasteiger partial charge is 0.128 e. The molecule has 0 spiro atoms. The van der Waals surface area contributed by atoms with E-state index < -0.39 is 0 Å². The monoisotopic (exact) mass is 246 g/mol. The predicted octanol–water partition coefficient (Wildman–Crippen LogP) is 2.33. The summed E-state index contributed by atoms with van der Waals surface area (Å²) in [5, 5.41) is 3.37. The SMILES string of the molecule is CCCC(NC)c1ccn(Cc2nccn2C)c1. The van der Waals surface area contributed by atoms with E-state index in [9.17, 15) is 0 Å². The molecule has 4 nitrogen and oxygen atoms in total. The lowest BCUT2D eigenvalue weighted by molar-refractivity contribution is 0.540. The number of imidazole rings is 1. The fraction of sp³-hybridized carbons (Fsp3) is 0.500. The maximum Gasteiger partial charge on any atom is 0.128 e. The highest BCUT2D eigenvalue weighted by atomic mass is 15.1. The molecule has 0 aromatic carbocycles. The van der Waals surface area contributed by atoms with Crippen molar-refractivity contribution in [3.8, 4) is 0 Å². The van der Waals surface area contributed by atoms with Gasteiger partial charge in [-0.3, -0.25) is 0 Å². The zero-order valence-electron chi connectivity index (χ0n) is 11.4. The minimum absolute atomic E-state index is 0.456. The first kappa shape index (κ1) is 12.9. The van der Waals surface area contributed by atoms with Crippen molar-refractivity contribution in [2.75, 3.05) is 7.05 Å². The van der Waals surface area contributed by atoms with Gasteiger partial charge in [0.2, 0.25) is 0 Å². The zero-order chi connectivity index (χ0) is 13.0. The molecule has 4 heteroatoms. The molecule has 0 fully saturated rings. The first-order valence-electron chi connectivity index (χ1n) is 6.53. The fourth-order valence-corrected chi connectivity index (χ4v) is 2.24. The second-order valence-electron chi connectivity index (χ2n) is 4.70. The Bertz CT molecular complexity index is 483. The molecule has 1 atom stereocenters. The normalized spacial score (nSPS) is 12.8. The van der Waals surface area contributed by atoms with Gasteiger partial charge in [-0.25, -0.2) is 4.98 Å². The van der Waals surface area contributed by atoms with E-state index in [2.05, 4.69) is 44.8 Å². The number of nitrogens with one attached hydrogen (secondary N) is 1. The van der Waals surface area contributed by atoms with Crippen molar-refractivity contribution in [2.45, 2.75) is 32.4 Å². The zero-order valence-corrected chi connectivity index (χ0v) is 11.4.